The van der Waals surface area contributed by atoms with Crippen molar-refractivity contribution in [1.82, 2.24) is 0 Å². The molecule has 13 aromatic carbocycles. The molecule has 8 atom stereocenters. The van der Waals surface area contributed by atoms with Gasteiger partial charge in [-0.25, -0.2) is 38.4 Å². The predicted octanol–water partition coefficient (Wildman–Crippen LogP) is 17.6. The number of hydrogen-bond donors (Lipinski definition) is 8. The number of para-hydroxylation sites is 12. The second kappa shape index (κ2) is 46.2. The van der Waals surface area contributed by atoms with Crippen LogP contribution < -0.4 is 93.4 Å². The molecule has 15 N–H and O–H groups in total. The Morgan fingerprint density at radius 3 is 0.891 bits per heavy atom. The van der Waals surface area contributed by atoms with E-state index in [1.807, 2.05) is 255 Å². The molecule has 20 rings (SSSR count). The van der Waals surface area contributed by atoms with Crippen LogP contribution >= 0.6 is 23.2 Å². The molecule has 698 valence electrons. The maximum Gasteiger partial charge on any atom is 1.00 e. The maximum atomic E-state index is 13.2. The number of rotatable bonds is 6. The monoisotopic (exact) mass is 1900 g/mol. The van der Waals surface area contributed by atoms with Crippen molar-refractivity contribution in [3.8, 4) is 0 Å². The number of carbonyl (C=O) groups excluding carboxylic acids is 10. The fourth-order valence-corrected chi connectivity index (χ4v) is 17.3. The first-order valence-corrected chi connectivity index (χ1v) is 43.8. The Balaban J connectivity index is 0.000000148. The first kappa shape index (κ1) is 101. The van der Waals surface area contributed by atoms with Gasteiger partial charge in [-0.1, -0.05) is 272 Å². The van der Waals surface area contributed by atoms with Crippen molar-refractivity contribution in [2.75, 3.05) is 29.4 Å². The number of esters is 3. The second-order valence-corrected chi connectivity index (χ2v) is 32.4. The van der Waals surface area contributed by atoms with Gasteiger partial charge in [0.15, 0.2) is 5.56 Å². The SMILES string of the molecule is CC(=O)O[C@@H](C(=O)O[C@H]1Cc2ccccc2N(C(N)=O)c2ccccc21)c1ccccc1.CC(=O)O[C@H]1Cc2ccccc2N(C(N)=O)c2ccccc21.CC(Cl)OC(=O)Cl.NC(=O)N1c2ccccc2C2OC2c2ccccc21.NC(=O)N1c2ccccc2C=Cc2ccccc21.NC(=O)N1c2ccccc2CC(O)c2ccccc21.NC(=O)N1c2ccccc2C[C@H](O)c2ccccc21.[Na+].[OH-]. The molecule has 1 saturated heterocycles. The number of hydrogen-bond acceptors (Lipinski definition) is 18. The average molecular weight is 1910 g/mol. The Bertz CT molecular complexity index is 6400. The largest absolute Gasteiger partial charge is 1.00 e. The van der Waals surface area contributed by atoms with Crippen LogP contribution in [-0.4, -0.2) is 80.8 Å². The van der Waals surface area contributed by atoms with Gasteiger partial charge >= 0.3 is 89.1 Å². The van der Waals surface area contributed by atoms with Gasteiger partial charge in [0, 0.05) is 90.1 Å². The fraction of sp³-hybridized carbons (Fsp3) is 0.143. The third-order valence-electron chi connectivity index (χ3n) is 22.7. The summed E-state index contributed by atoms with van der Waals surface area (Å²) in [4.78, 5) is 127. The van der Waals surface area contributed by atoms with Gasteiger partial charge in [-0.3, -0.25) is 39.0 Å². The molecule has 13 aromatic rings. The Morgan fingerprint density at radius 2 is 0.580 bits per heavy atom. The first-order valence-electron chi connectivity index (χ1n) is 43.0. The van der Waals surface area contributed by atoms with Crippen LogP contribution in [0.2, 0.25) is 0 Å². The number of primary amides is 6. The molecule has 1 fully saturated rings. The Kier molecular flexibility index (Phi) is 34.0. The third-order valence-corrected chi connectivity index (χ3v) is 22.9. The summed E-state index contributed by atoms with van der Waals surface area (Å²) in [6.45, 7) is 4.12. The van der Waals surface area contributed by atoms with Crippen molar-refractivity contribution in [3.05, 3.63) is 394 Å². The van der Waals surface area contributed by atoms with E-state index in [4.69, 9.17) is 76.6 Å². The van der Waals surface area contributed by atoms with Crippen LogP contribution in [0.4, 0.5) is 102 Å². The van der Waals surface area contributed by atoms with E-state index in [0.717, 1.165) is 101 Å². The van der Waals surface area contributed by atoms with Gasteiger partial charge in [0.25, 0.3) is 0 Å². The summed E-state index contributed by atoms with van der Waals surface area (Å²) in [5.74, 6) is -1.65. The molecule has 0 bridgehead atoms. The summed E-state index contributed by atoms with van der Waals surface area (Å²) in [5.41, 5.74) is 51.3. The fourth-order valence-electron chi connectivity index (χ4n) is 17.0. The topological polar surface area (TPSA) is 466 Å². The number of nitrogens with zero attached hydrogens (tertiary/aromatic N) is 6. The smallest absolute Gasteiger partial charge is 0.870 e. The number of benzene rings is 13. The van der Waals surface area contributed by atoms with Crippen molar-refractivity contribution in [3.63, 3.8) is 0 Å². The molecule has 4 unspecified atom stereocenters. The van der Waals surface area contributed by atoms with Crippen molar-refractivity contribution in [2.24, 2.45) is 34.4 Å². The molecule has 12 amide bonds. The number of anilines is 12. The van der Waals surface area contributed by atoms with Gasteiger partial charge in [0.1, 0.15) is 24.4 Å². The number of carbonyl (C=O) groups is 10. The van der Waals surface area contributed by atoms with Crippen LogP contribution in [0.25, 0.3) is 12.2 Å². The Labute approximate surface area is 826 Å². The van der Waals surface area contributed by atoms with Gasteiger partial charge in [0.05, 0.1) is 80.5 Å². The van der Waals surface area contributed by atoms with E-state index >= 15 is 0 Å². The third kappa shape index (κ3) is 23.4. The average Bonchev–Trinajstić information content (AvgIpc) is 1.57. The molecule has 0 radical (unpaired) electrons. The van der Waals surface area contributed by atoms with Crippen molar-refractivity contribution in [1.29, 1.82) is 0 Å². The molecule has 30 nitrogen and oxygen atoms in total. The van der Waals surface area contributed by atoms with Crippen LogP contribution in [-0.2, 0) is 63.8 Å². The van der Waals surface area contributed by atoms with Crippen LogP contribution in [0.1, 0.15) is 136 Å². The Morgan fingerprint density at radius 1 is 0.326 bits per heavy atom. The van der Waals surface area contributed by atoms with Crippen molar-refractivity contribution < 1.29 is 117 Å². The van der Waals surface area contributed by atoms with Crippen LogP contribution in [0.5, 0.6) is 0 Å². The van der Waals surface area contributed by atoms with E-state index in [2.05, 4.69) is 4.74 Å². The summed E-state index contributed by atoms with van der Waals surface area (Å²) >= 11 is 9.87. The summed E-state index contributed by atoms with van der Waals surface area (Å²) in [6, 6.07) is 95.2. The van der Waals surface area contributed by atoms with E-state index in [0.29, 0.717) is 65.2 Å². The molecular formula is C105H95Cl2N12NaO18. The van der Waals surface area contributed by atoms with E-state index in [1.165, 1.54) is 40.4 Å². The van der Waals surface area contributed by atoms with Crippen LogP contribution in [0.15, 0.2) is 322 Å². The van der Waals surface area contributed by atoms with Gasteiger partial charge in [0.2, 0.25) is 6.10 Å². The summed E-state index contributed by atoms with van der Waals surface area (Å²) in [6.07, 6.45) is 2.17. The zero-order chi connectivity index (χ0) is 96.5. The number of amides is 12. The molecule has 7 aliphatic heterocycles. The Hall–Kier alpha value is -15.5. The van der Waals surface area contributed by atoms with Gasteiger partial charge in [-0.05, 0) is 113 Å². The van der Waals surface area contributed by atoms with E-state index in [-0.39, 0.29) is 53.2 Å². The first-order chi connectivity index (χ1) is 65.6. The molecular weight excluding hydrogens is 1810 g/mol. The number of nitrogens with two attached hydrogens (primary N) is 6. The van der Waals surface area contributed by atoms with Gasteiger partial charge in [-0.15, -0.1) is 0 Å². The molecule has 0 aliphatic carbocycles. The predicted molar refractivity (Wildman–Crippen MR) is 522 cm³/mol. The second-order valence-electron chi connectivity index (χ2n) is 31.5. The number of aliphatic hydroxyl groups is 2. The zero-order valence-corrected chi connectivity index (χ0v) is 78.6. The van der Waals surface area contributed by atoms with E-state index < -0.39 is 89.6 Å². The molecule has 138 heavy (non-hydrogen) atoms. The molecule has 7 heterocycles. The van der Waals surface area contributed by atoms with Gasteiger partial charge < -0.3 is 73.8 Å². The van der Waals surface area contributed by atoms with Crippen molar-refractivity contribution in [2.45, 2.75) is 94.7 Å². The standard InChI is InChI=1S/C25H22N2O5.C17H16N2O3.C15H12N2O2.2C15H14N2O2.C15H12N2O.C3H4Cl2O2.Na.H2O/c1-16(28)31-23(17-9-3-2-4-10-17)24(29)32-22-15-18-11-5-7-13-20(18)27(25(26)30)21-14-8-6-12-19(21)22;1-11(20)22-16-10-12-6-2-4-8-14(12)19(17(18)21)15-9-5-3-7-13(15)16;16-15(18)17-11-7-3-1-5-9(11)13-14(19-13)10-6-2-4-8-12(10)17;2*16-15(19)17-12-7-3-1-5-10(12)9-14(18)11-6-2-4-8-13(11)17;16-15(18)17-13-7-3-1-5-11(13)9-10-12-6-2-4-8-14(12)17;1-2(4)7-3(5)6;;/h2-14,22-23H,15H2,1H3,(H2,26,30);2-9,16H,10H2,1H3,(H2,18,21);1-8,13-14H,(H2,16,18);2*1-8,14,18H,9H2,(H2,16,19);1-10H,(H2,16,18);2H,1H3;;1H2/q;;;;;;;+1;/p-1/t22-,23+;16-;;14-;;;;;/m00.0...../s1. The summed E-state index contributed by atoms with van der Waals surface area (Å²) < 4.78 is 26.6. The number of ether oxygens (including phenoxy) is 5. The number of halogens is 2. The molecule has 33 heteroatoms. The number of urea groups is 6. The number of aliphatic hydroxyl groups excluding tert-OH is 2. The van der Waals surface area contributed by atoms with Gasteiger partial charge in [-0.2, -0.15) is 0 Å². The number of fused-ring (bicyclic) bond motifs is 15. The molecule has 0 spiro atoms. The maximum absolute atomic E-state index is 13.2. The van der Waals surface area contributed by atoms with E-state index in [9.17, 15) is 58.2 Å². The normalized spacial score (nSPS) is 16.4. The minimum Gasteiger partial charge on any atom is -0.870 e. The minimum atomic E-state index is -1.20. The quantitative estimate of drug-likeness (QED) is 0.0191. The van der Waals surface area contributed by atoms with Crippen LogP contribution in [0, 0.1) is 0 Å². The number of epoxide rings is 1. The minimum absolute atomic E-state index is 0. The van der Waals surface area contributed by atoms with Crippen LogP contribution in [0.3, 0.4) is 0 Å². The summed E-state index contributed by atoms with van der Waals surface area (Å²) in [7, 11) is 0. The molecule has 7 aliphatic rings. The zero-order valence-electron chi connectivity index (χ0n) is 75.1. The van der Waals surface area contributed by atoms with Crippen molar-refractivity contribution >= 4 is 163 Å². The van der Waals surface area contributed by atoms with E-state index in [1.54, 1.807) is 88.7 Å². The molecule has 0 saturated carbocycles. The molecule has 0 aromatic heterocycles. The number of alkyl halides is 1. The summed E-state index contributed by atoms with van der Waals surface area (Å²) in [5, 5.41) is 20.6.